The van der Waals surface area contributed by atoms with E-state index >= 15 is 0 Å². The van der Waals surface area contributed by atoms with Gasteiger partial charge in [-0.3, -0.25) is 4.57 Å². The number of aromatic carboxylic acids is 1. The predicted octanol–water partition coefficient (Wildman–Crippen LogP) is 2.37. The van der Waals surface area contributed by atoms with E-state index in [1.165, 1.54) is 10.6 Å². The molecule has 6 heteroatoms. The highest BCUT2D eigenvalue weighted by Crippen LogP contribution is 2.18. The molecule has 0 radical (unpaired) electrons. The standard InChI is InChI=1S/C16H13NO5/c18-15(19)11-5-1-3-7-13(11)21-10-9-17-12-6-2-4-8-14(12)22-16(17)20/h1-8H,9-10H2,(H,18,19). The zero-order valence-corrected chi connectivity index (χ0v) is 11.6. The molecule has 112 valence electrons. The number of hydrogen-bond acceptors (Lipinski definition) is 4. The van der Waals surface area contributed by atoms with Crippen LogP contribution in [0.2, 0.25) is 0 Å². The summed E-state index contributed by atoms with van der Waals surface area (Å²) in [6, 6.07) is 13.5. The first kappa shape index (κ1) is 13.9. The molecular formula is C16H13NO5. The van der Waals surface area contributed by atoms with Crippen LogP contribution in [0.3, 0.4) is 0 Å². The molecule has 0 amide bonds. The number of carboxylic acid groups (broad SMARTS) is 1. The smallest absolute Gasteiger partial charge is 0.420 e. The van der Waals surface area contributed by atoms with E-state index < -0.39 is 11.7 Å². The van der Waals surface area contributed by atoms with Gasteiger partial charge in [0.15, 0.2) is 5.58 Å². The molecule has 6 nitrogen and oxygen atoms in total. The molecule has 0 aliphatic rings. The summed E-state index contributed by atoms with van der Waals surface area (Å²) in [5.74, 6) is -1.24. The van der Waals surface area contributed by atoms with Gasteiger partial charge < -0.3 is 14.3 Å². The van der Waals surface area contributed by atoms with Gasteiger partial charge in [-0.1, -0.05) is 24.3 Å². The van der Waals surface area contributed by atoms with E-state index in [4.69, 9.17) is 14.3 Å². The van der Waals surface area contributed by atoms with Gasteiger partial charge in [-0.15, -0.1) is 0 Å². The van der Waals surface area contributed by atoms with Crippen molar-refractivity contribution >= 4 is 17.1 Å². The number of rotatable bonds is 5. The second kappa shape index (κ2) is 5.77. The Morgan fingerprint density at radius 3 is 2.68 bits per heavy atom. The number of nitrogens with zero attached hydrogens (tertiary/aromatic N) is 1. The summed E-state index contributed by atoms with van der Waals surface area (Å²) in [4.78, 5) is 22.9. The van der Waals surface area contributed by atoms with Crippen molar-refractivity contribution in [3.63, 3.8) is 0 Å². The first-order chi connectivity index (χ1) is 10.7. The molecule has 0 bridgehead atoms. The van der Waals surface area contributed by atoms with Crippen LogP contribution >= 0.6 is 0 Å². The third-order valence-electron chi connectivity index (χ3n) is 3.26. The number of aromatic nitrogens is 1. The highest BCUT2D eigenvalue weighted by molar-refractivity contribution is 5.90. The lowest BCUT2D eigenvalue weighted by atomic mass is 10.2. The van der Waals surface area contributed by atoms with Crippen molar-refractivity contribution in [2.24, 2.45) is 0 Å². The highest BCUT2D eigenvalue weighted by Gasteiger charge is 2.11. The molecule has 1 N–H and O–H groups in total. The average molecular weight is 299 g/mol. The van der Waals surface area contributed by atoms with E-state index in [2.05, 4.69) is 0 Å². The van der Waals surface area contributed by atoms with E-state index in [1.54, 1.807) is 36.4 Å². The molecule has 3 aromatic rings. The van der Waals surface area contributed by atoms with Crippen LogP contribution in [0.15, 0.2) is 57.7 Å². The van der Waals surface area contributed by atoms with Crippen molar-refractivity contribution in [3.05, 3.63) is 64.6 Å². The molecule has 0 unspecified atom stereocenters. The molecule has 0 atom stereocenters. The fourth-order valence-corrected chi connectivity index (χ4v) is 2.24. The van der Waals surface area contributed by atoms with Crippen molar-refractivity contribution < 1.29 is 19.1 Å². The van der Waals surface area contributed by atoms with Crippen molar-refractivity contribution in [1.82, 2.24) is 4.57 Å². The number of benzene rings is 2. The third-order valence-corrected chi connectivity index (χ3v) is 3.26. The monoisotopic (exact) mass is 299 g/mol. The maximum absolute atomic E-state index is 11.8. The molecule has 22 heavy (non-hydrogen) atoms. The van der Waals surface area contributed by atoms with Crippen LogP contribution in [0.25, 0.3) is 11.1 Å². The predicted molar refractivity (Wildman–Crippen MR) is 79.4 cm³/mol. The zero-order valence-electron chi connectivity index (χ0n) is 11.6. The quantitative estimate of drug-likeness (QED) is 0.782. The molecule has 0 saturated heterocycles. The van der Waals surface area contributed by atoms with Crippen LogP contribution in [-0.2, 0) is 6.54 Å². The topological polar surface area (TPSA) is 81.7 Å². The van der Waals surface area contributed by atoms with Crippen molar-refractivity contribution in [3.8, 4) is 5.75 Å². The Morgan fingerprint density at radius 2 is 1.86 bits per heavy atom. The Morgan fingerprint density at radius 1 is 1.14 bits per heavy atom. The van der Waals surface area contributed by atoms with Gasteiger partial charge in [-0.05, 0) is 24.3 Å². The number of para-hydroxylation sites is 3. The van der Waals surface area contributed by atoms with Gasteiger partial charge in [-0.25, -0.2) is 9.59 Å². The summed E-state index contributed by atoms with van der Waals surface area (Å²) >= 11 is 0. The number of fused-ring (bicyclic) bond motifs is 1. The van der Waals surface area contributed by atoms with Gasteiger partial charge in [0, 0.05) is 0 Å². The van der Waals surface area contributed by atoms with Crippen LogP contribution in [-0.4, -0.2) is 22.2 Å². The lowest BCUT2D eigenvalue weighted by Gasteiger charge is -2.09. The molecule has 0 saturated carbocycles. The van der Waals surface area contributed by atoms with E-state index in [-0.39, 0.29) is 24.5 Å². The Balaban J connectivity index is 1.77. The third kappa shape index (κ3) is 2.58. The van der Waals surface area contributed by atoms with E-state index in [9.17, 15) is 9.59 Å². The molecule has 0 spiro atoms. The second-order valence-corrected chi connectivity index (χ2v) is 4.64. The fourth-order valence-electron chi connectivity index (χ4n) is 2.24. The largest absolute Gasteiger partial charge is 0.491 e. The molecule has 1 heterocycles. The summed E-state index contributed by atoms with van der Waals surface area (Å²) in [7, 11) is 0. The summed E-state index contributed by atoms with van der Waals surface area (Å²) in [6.07, 6.45) is 0. The van der Waals surface area contributed by atoms with Gasteiger partial charge >= 0.3 is 11.7 Å². The lowest BCUT2D eigenvalue weighted by molar-refractivity contribution is 0.0692. The Bertz CT molecular complexity index is 877. The molecule has 2 aromatic carbocycles. The van der Waals surface area contributed by atoms with Gasteiger partial charge in [0.1, 0.15) is 17.9 Å². The normalized spacial score (nSPS) is 10.7. The van der Waals surface area contributed by atoms with Gasteiger partial charge in [0.2, 0.25) is 0 Å². The highest BCUT2D eigenvalue weighted by atomic mass is 16.5. The van der Waals surface area contributed by atoms with Crippen LogP contribution in [0.4, 0.5) is 0 Å². The number of carboxylic acids is 1. The lowest BCUT2D eigenvalue weighted by Crippen LogP contribution is -2.19. The van der Waals surface area contributed by atoms with E-state index in [0.29, 0.717) is 11.1 Å². The van der Waals surface area contributed by atoms with Crippen LogP contribution in [0.5, 0.6) is 5.75 Å². The van der Waals surface area contributed by atoms with Crippen molar-refractivity contribution in [2.75, 3.05) is 6.61 Å². The zero-order chi connectivity index (χ0) is 15.5. The number of carbonyl (C=O) groups is 1. The molecular weight excluding hydrogens is 286 g/mol. The SMILES string of the molecule is O=C(O)c1ccccc1OCCn1c(=O)oc2ccccc21. The first-order valence-electron chi connectivity index (χ1n) is 6.70. The Hall–Kier alpha value is -3.02. The summed E-state index contributed by atoms with van der Waals surface area (Å²) in [5, 5.41) is 9.08. The minimum atomic E-state index is -1.05. The Labute approximate surface area is 125 Å². The minimum Gasteiger partial charge on any atom is -0.491 e. The van der Waals surface area contributed by atoms with Gasteiger partial charge in [0.25, 0.3) is 0 Å². The van der Waals surface area contributed by atoms with Crippen LogP contribution in [0, 0.1) is 0 Å². The Kier molecular flexibility index (Phi) is 3.65. The van der Waals surface area contributed by atoms with Crippen molar-refractivity contribution in [2.45, 2.75) is 6.54 Å². The van der Waals surface area contributed by atoms with Crippen molar-refractivity contribution in [1.29, 1.82) is 0 Å². The molecule has 0 aliphatic carbocycles. The maximum atomic E-state index is 11.8. The van der Waals surface area contributed by atoms with Gasteiger partial charge in [0.05, 0.1) is 12.1 Å². The van der Waals surface area contributed by atoms with E-state index in [0.717, 1.165) is 0 Å². The molecule has 0 fully saturated rings. The molecule has 0 aliphatic heterocycles. The number of hydrogen-bond donors (Lipinski definition) is 1. The first-order valence-corrected chi connectivity index (χ1v) is 6.70. The second-order valence-electron chi connectivity index (χ2n) is 4.64. The summed E-state index contributed by atoms with van der Waals surface area (Å²) in [5.41, 5.74) is 1.29. The maximum Gasteiger partial charge on any atom is 0.420 e. The minimum absolute atomic E-state index is 0.0897. The molecule has 1 aromatic heterocycles. The van der Waals surface area contributed by atoms with Crippen LogP contribution in [0.1, 0.15) is 10.4 Å². The van der Waals surface area contributed by atoms with E-state index in [1.807, 2.05) is 6.07 Å². The number of ether oxygens (including phenoxy) is 1. The fraction of sp³-hybridized carbons (Fsp3) is 0.125. The molecule has 3 rings (SSSR count). The number of oxazole rings is 1. The summed E-state index contributed by atoms with van der Waals surface area (Å²) < 4.78 is 12.1. The van der Waals surface area contributed by atoms with Crippen LogP contribution < -0.4 is 10.5 Å². The average Bonchev–Trinajstić information content (AvgIpc) is 2.83. The van der Waals surface area contributed by atoms with Gasteiger partial charge in [-0.2, -0.15) is 0 Å². The summed E-state index contributed by atoms with van der Waals surface area (Å²) in [6.45, 7) is 0.428.